The lowest BCUT2D eigenvalue weighted by Crippen LogP contribution is -2.67. The minimum Gasteiger partial charge on any atom is -0.407 e. The van der Waals surface area contributed by atoms with Crippen molar-refractivity contribution in [1.82, 2.24) is 0 Å². The third kappa shape index (κ3) is 6.69. The van der Waals surface area contributed by atoms with Gasteiger partial charge in [0, 0.05) is 19.6 Å². The van der Waals surface area contributed by atoms with Crippen LogP contribution >= 0.6 is 0 Å². The van der Waals surface area contributed by atoms with E-state index in [0.29, 0.717) is 13.0 Å². The monoisotopic (exact) mass is 550 g/mol. The average molecular weight is 551 g/mol. The van der Waals surface area contributed by atoms with Crippen LogP contribution in [-0.2, 0) is 25.2 Å². The van der Waals surface area contributed by atoms with E-state index in [1.165, 1.54) is 10.4 Å². The molecule has 0 amide bonds. The number of hydrogen-bond acceptors (Lipinski definition) is 6. The zero-order valence-corrected chi connectivity index (χ0v) is 24.4. The van der Waals surface area contributed by atoms with E-state index in [-0.39, 0.29) is 24.4 Å². The van der Waals surface area contributed by atoms with Gasteiger partial charge in [0.2, 0.25) is 0 Å². The molecule has 5 atom stereocenters. The first-order chi connectivity index (χ1) is 18.8. The van der Waals surface area contributed by atoms with E-state index in [9.17, 15) is 10.2 Å². The third-order valence-electron chi connectivity index (χ3n) is 7.69. The van der Waals surface area contributed by atoms with Gasteiger partial charge in [-0.2, -0.15) is 0 Å². The summed E-state index contributed by atoms with van der Waals surface area (Å²) in [7, 11) is -1.23. The highest BCUT2D eigenvalue weighted by Gasteiger charge is 2.52. The van der Waals surface area contributed by atoms with Crippen LogP contribution in [0.25, 0.3) is 0 Å². The lowest BCUT2D eigenvalue weighted by Gasteiger charge is -2.46. The number of benzene rings is 3. The minimum atomic E-state index is -2.80. The average Bonchev–Trinajstić information content (AvgIpc) is 2.95. The van der Waals surface area contributed by atoms with Gasteiger partial charge in [0.1, 0.15) is 19.0 Å². The van der Waals surface area contributed by atoms with Crippen molar-refractivity contribution in [1.29, 1.82) is 0 Å². The van der Waals surface area contributed by atoms with Crippen molar-refractivity contribution >= 4 is 18.7 Å². The normalized spacial score (nSPS) is 24.0. The van der Waals surface area contributed by atoms with E-state index in [4.69, 9.17) is 18.6 Å². The van der Waals surface area contributed by atoms with Crippen LogP contribution in [0.3, 0.4) is 0 Å². The molecule has 1 aliphatic carbocycles. The smallest absolute Gasteiger partial charge is 0.261 e. The summed E-state index contributed by atoms with van der Waals surface area (Å²) in [6.45, 7) is 7.34. The molecular formula is C32H42O6Si. The van der Waals surface area contributed by atoms with Gasteiger partial charge in [0.05, 0.1) is 18.8 Å². The molecule has 1 aliphatic rings. The topological polar surface area (TPSA) is 77.4 Å². The summed E-state index contributed by atoms with van der Waals surface area (Å²) in [4.78, 5) is 0. The number of ether oxygens (including phenoxy) is 3. The summed E-state index contributed by atoms with van der Waals surface area (Å²) < 4.78 is 24.4. The van der Waals surface area contributed by atoms with Gasteiger partial charge in [0.25, 0.3) is 8.32 Å². The van der Waals surface area contributed by atoms with E-state index >= 15 is 0 Å². The fourth-order valence-electron chi connectivity index (χ4n) is 5.72. The first-order valence-electron chi connectivity index (χ1n) is 13.6. The van der Waals surface area contributed by atoms with Crippen molar-refractivity contribution in [2.24, 2.45) is 5.92 Å². The Morgan fingerprint density at radius 3 is 1.82 bits per heavy atom. The molecule has 39 heavy (non-hydrogen) atoms. The second-order valence-corrected chi connectivity index (χ2v) is 15.6. The molecule has 0 radical (unpaired) electrons. The summed E-state index contributed by atoms with van der Waals surface area (Å²) in [5, 5.41) is 24.7. The van der Waals surface area contributed by atoms with Crippen molar-refractivity contribution in [2.45, 2.75) is 63.3 Å². The highest BCUT2D eigenvalue weighted by atomic mass is 28.4. The van der Waals surface area contributed by atoms with Crippen molar-refractivity contribution in [2.75, 3.05) is 20.5 Å². The summed E-state index contributed by atoms with van der Waals surface area (Å²) in [5.74, 6) is -0.347. The Morgan fingerprint density at radius 1 is 0.769 bits per heavy atom. The lowest BCUT2D eigenvalue weighted by atomic mass is 9.81. The Labute approximate surface area is 233 Å². The number of aliphatic hydroxyl groups is 2. The second kappa shape index (κ2) is 13.3. The number of aliphatic hydroxyl groups excluding tert-OH is 2. The Hall–Kier alpha value is -2.36. The fraction of sp³-hybridized carbons (Fsp3) is 0.438. The van der Waals surface area contributed by atoms with Gasteiger partial charge in [-0.1, -0.05) is 112 Å². The molecule has 0 aromatic heterocycles. The van der Waals surface area contributed by atoms with Gasteiger partial charge in [0.15, 0.2) is 0 Å². The maximum atomic E-state index is 11.3. The molecule has 3 aromatic carbocycles. The van der Waals surface area contributed by atoms with Gasteiger partial charge >= 0.3 is 0 Å². The molecule has 0 aliphatic heterocycles. The summed E-state index contributed by atoms with van der Waals surface area (Å²) >= 11 is 0. The Bertz CT molecular complexity index is 1080. The van der Waals surface area contributed by atoms with E-state index in [2.05, 4.69) is 69.3 Å². The van der Waals surface area contributed by atoms with E-state index < -0.39 is 32.7 Å². The van der Waals surface area contributed by atoms with Gasteiger partial charge in [-0.05, 0) is 27.4 Å². The quantitative estimate of drug-likeness (QED) is 0.279. The van der Waals surface area contributed by atoms with Crippen molar-refractivity contribution < 1.29 is 28.8 Å². The molecule has 2 N–H and O–H groups in total. The Balaban J connectivity index is 1.59. The zero-order chi connectivity index (χ0) is 27.9. The van der Waals surface area contributed by atoms with Crippen LogP contribution in [0.4, 0.5) is 0 Å². The Kier molecular flexibility index (Phi) is 10.1. The summed E-state index contributed by atoms with van der Waals surface area (Å²) in [6.07, 6.45) is -2.83. The van der Waals surface area contributed by atoms with Crippen molar-refractivity contribution in [3.8, 4) is 0 Å². The molecule has 6 nitrogen and oxygen atoms in total. The predicted octanol–water partition coefficient (Wildman–Crippen LogP) is 3.88. The molecule has 0 bridgehead atoms. The lowest BCUT2D eigenvalue weighted by molar-refractivity contribution is -0.216. The van der Waals surface area contributed by atoms with Gasteiger partial charge in [-0.15, -0.1) is 0 Å². The highest BCUT2D eigenvalue weighted by molar-refractivity contribution is 6.99. The zero-order valence-electron chi connectivity index (χ0n) is 23.4. The van der Waals surface area contributed by atoms with E-state index in [0.717, 1.165) is 5.56 Å². The summed E-state index contributed by atoms with van der Waals surface area (Å²) in [6, 6.07) is 30.6. The number of methoxy groups -OCH3 is 1. The molecular weight excluding hydrogens is 508 g/mol. The molecule has 0 unspecified atom stereocenters. The van der Waals surface area contributed by atoms with Gasteiger partial charge in [-0.3, -0.25) is 0 Å². The maximum absolute atomic E-state index is 11.3. The molecule has 7 heteroatoms. The van der Waals surface area contributed by atoms with Gasteiger partial charge < -0.3 is 28.8 Å². The number of hydrogen-bond donors (Lipinski definition) is 2. The maximum Gasteiger partial charge on any atom is 0.261 e. The second-order valence-electron chi connectivity index (χ2n) is 11.3. The molecule has 0 spiro atoms. The molecule has 210 valence electrons. The molecule has 1 saturated carbocycles. The fourth-order valence-corrected chi connectivity index (χ4v) is 10.3. The SMILES string of the molecule is COCO[C@@H]1C[C@H](CO[Si](c2ccccc2)(c2ccccc2)C(C)(C)C)[C@H](O)[C@H](O)[C@H]1OCc1ccccc1. The van der Waals surface area contributed by atoms with Crippen LogP contribution in [0, 0.1) is 5.92 Å². The van der Waals surface area contributed by atoms with Crippen LogP contribution in [0.1, 0.15) is 32.8 Å². The Morgan fingerprint density at radius 2 is 1.31 bits per heavy atom. The molecule has 0 heterocycles. The van der Waals surface area contributed by atoms with E-state index in [1.54, 1.807) is 7.11 Å². The highest BCUT2D eigenvalue weighted by Crippen LogP contribution is 2.38. The van der Waals surface area contributed by atoms with Crippen LogP contribution in [0.5, 0.6) is 0 Å². The van der Waals surface area contributed by atoms with Crippen LogP contribution in [0.2, 0.25) is 5.04 Å². The molecule has 4 rings (SSSR count). The molecule has 3 aromatic rings. The van der Waals surface area contributed by atoms with Crippen LogP contribution < -0.4 is 10.4 Å². The van der Waals surface area contributed by atoms with Crippen LogP contribution in [-0.4, -0.2) is 63.5 Å². The van der Waals surface area contributed by atoms with Crippen molar-refractivity contribution in [3.05, 3.63) is 96.6 Å². The minimum absolute atomic E-state index is 0.0704. The van der Waals surface area contributed by atoms with E-state index in [1.807, 2.05) is 42.5 Å². The first-order valence-corrected chi connectivity index (χ1v) is 15.6. The summed E-state index contributed by atoms with van der Waals surface area (Å²) in [5.41, 5.74) is 0.988. The molecule has 0 saturated heterocycles. The number of rotatable bonds is 11. The van der Waals surface area contributed by atoms with Gasteiger partial charge in [-0.25, -0.2) is 0 Å². The predicted molar refractivity (Wildman–Crippen MR) is 155 cm³/mol. The molecule has 1 fully saturated rings. The standard InChI is InChI=1S/C32H42O6Si/c1-32(2,3)39(26-16-10-6-11-17-26,27-18-12-7-13-19-27)38-22-25-20-28(37-23-35-4)31(30(34)29(25)33)36-21-24-14-8-5-9-15-24/h5-19,25,28-31,33-34H,20-23H2,1-4H3/t25-,28-,29+,30+,31+/m1/s1. The third-order valence-corrected chi connectivity index (χ3v) is 12.7. The van der Waals surface area contributed by atoms with Crippen LogP contribution in [0.15, 0.2) is 91.0 Å². The largest absolute Gasteiger partial charge is 0.407 e. The van der Waals surface area contributed by atoms with Crippen molar-refractivity contribution in [3.63, 3.8) is 0 Å². The first kappa shape index (κ1) is 29.6.